The number of likely N-dealkylation sites (tertiary alicyclic amines) is 1. The molecule has 0 spiro atoms. The number of nitrogens with one attached hydrogen (secondary N) is 2. The molecule has 1 aliphatic rings. The first-order chi connectivity index (χ1) is 13.9. The first-order valence-corrected chi connectivity index (χ1v) is 10.1. The zero-order valence-corrected chi connectivity index (χ0v) is 17.2. The molecule has 0 unspecified atom stereocenters. The Morgan fingerprint density at radius 1 is 0.931 bits per heavy atom. The maximum atomic E-state index is 12.4. The number of amides is 3. The van der Waals surface area contributed by atoms with E-state index in [4.69, 9.17) is 23.2 Å². The van der Waals surface area contributed by atoms with Gasteiger partial charge in [-0.25, -0.2) is 0 Å². The highest BCUT2D eigenvalue weighted by molar-refractivity contribution is 6.42. The predicted octanol–water partition coefficient (Wildman–Crippen LogP) is 3.28. The number of benzene rings is 2. The Balaban J connectivity index is 1.46. The molecule has 2 aromatic carbocycles. The molecule has 0 saturated carbocycles. The fraction of sp³-hybridized carbons (Fsp3) is 0.286. The highest BCUT2D eigenvalue weighted by Crippen LogP contribution is 2.22. The highest BCUT2D eigenvalue weighted by atomic mass is 35.5. The Morgan fingerprint density at radius 2 is 1.62 bits per heavy atom. The number of carbonyl (C=O) groups excluding carboxylic acids is 3. The molecule has 6 nitrogen and oxygen atoms in total. The summed E-state index contributed by atoms with van der Waals surface area (Å²) >= 11 is 11.8. The Labute approximate surface area is 179 Å². The van der Waals surface area contributed by atoms with Crippen LogP contribution < -0.4 is 10.6 Å². The molecule has 8 heteroatoms. The van der Waals surface area contributed by atoms with Crippen LogP contribution in [0.5, 0.6) is 0 Å². The molecule has 1 fully saturated rings. The number of nitrogens with zero attached hydrogens (tertiary/aromatic N) is 1. The third kappa shape index (κ3) is 5.71. The molecule has 2 aromatic rings. The first kappa shape index (κ1) is 21.1. The molecule has 3 amide bonds. The van der Waals surface area contributed by atoms with Gasteiger partial charge >= 0.3 is 0 Å². The minimum atomic E-state index is -0.296. The van der Waals surface area contributed by atoms with Crippen molar-refractivity contribution in [2.45, 2.75) is 19.4 Å². The van der Waals surface area contributed by atoms with E-state index in [1.165, 1.54) is 6.07 Å². The minimum absolute atomic E-state index is 0.151. The number of carbonyl (C=O) groups is 3. The van der Waals surface area contributed by atoms with E-state index in [-0.39, 0.29) is 30.8 Å². The van der Waals surface area contributed by atoms with Gasteiger partial charge in [0.1, 0.15) is 0 Å². The van der Waals surface area contributed by atoms with Crippen LogP contribution in [-0.2, 0) is 11.3 Å². The van der Waals surface area contributed by atoms with Crippen molar-refractivity contribution in [1.82, 2.24) is 15.5 Å². The summed E-state index contributed by atoms with van der Waals surface area (Å²) in [6, 6.07) is 11.8. The van der Waals surface area contributed by atoms with Crippen molar-refractivity contribution in [1.29, 1.82) is 0 Å². The second kappa shape index (κ2) is 9.76. The second-order valence-corrected chi connectivity index (χ2v) is 7.57. The molecule has 3 rings (SSSR count). The van der Waals surface area contributed by atoms with Crippen LogP contribution in [0.2, 0.25) is 10.0 Å². The lowest BCUT2D eigenvalue weighted by molar-refractivity contribution is -0.128. The smallest absolute Gasteiger partial charge is 0.251 e. The summed E-state index contributed by atoms with van der Waals surface area (Å²) in [7, 11) is 0. The molecule has 1 aliphatic heterocycles. The van der Waals surface area contributed by atoms with Gasteiger partial charge in [0.05, 0.1) is 10.0 Å². The molecule has 29 heavy (non-hydrogen) atoms. The van der Waals surface area contributed by atoms with E-state index in [2.05, 4.69) is 10.6 Å². The zero-order chi connectivity index (χ0) is 20.8. The molecular weight excluding hydrogens is 413 g/mol. The number of rotatable bonds is 7. The number of hydrogen-bond acceptors (Lipinski definition) is 3. The molecule has 0 aromatic heterocycles. The lowest BCUT2D eigenvalue weighted by Crippen LogP contribution is -2.34. The molecule has 0 radical (unpaired) electrons. The van der Waals surface area contributed by atoms with Crippen LogP contribution >= 0.6 is 23.2 Å². The van der Waals surface area contributed by atoms with E-state index >= 15 is 0 Å². The Bertz CT molecular complexity index is 933. The fourth-order valence-corrected chi connectivity index (χ4v) is 3.39. The van der Waals surface area contributed by atoms with Gasteiger partial charge in [0, 0.05) is 43.7 Å². The maximum absolute atomic E-state index is 12.4. The first-order valence-electron chi connectivity index (χ1n) is 9.32. The predicted molar refractivity (Wildman–Crippen MR) is 112 cm³/mol. The van der Waals surface area contributed by atoms with Crippen LogP contribution in [0.1, 0.15) is 39.1 Å². The SMILES string of the molecule is O=C(NCCNC(=O)c1ccc(Cl)c(Cl)c1)c1cccc(CN2CCCC2=O)c1. The molecule has 0 bridgehead atoms. The summed E-state index contributed by atoms with van der Waals surface area (Å²) in [5, 5.41) is 6.18. The molecular formula is C21H21Cl2N3O3. The molecule has 1 saturated heterocycles. The average molecular weight is 434 g/mol. The summed E-state index contributed by atoms with van der Waals surface area (Å²) < 4.78 is 0. The van der Waals surface area contributed by atoms with E-state index < -0.39 is 0 Å². The van der Waals surface area contributed by atoms with Gasteiger partial charge in [-0.2, -0.15) is 0 Å². The topological polar surface area (TPSA) is 78.5 Å². The third-order valence-corrected chi connectivity index (χ3v) is 5.35. The monoisotopic (exact) mass is 433 g/mol. The fourth-order valence-electron chi connectivity index (χ4n) is 3.10. The average Bonchev–Trinajstić information content (AvgIpc) is 3.11. The van der Waals surface area contributed by atoms with E-state index in [0.717, 1.165) is 18.5 Å². The molecule has 0 atom stereocenters. The van der Waals surface area contributed by atoms with Crippen molar-refractivity contribution >= 4 is 40.9 Å². The van der Waals surface area contributed by atoms with Crippen LogP contribution in [0.3, 0.4) is 0 Å². The van der Waals surface area contributed by atoms with Crippen LogP contribution in [0.4, 0.5) is 0 Å². The summed E-state index contributed by atoms with van der Waals surface area (Å²) in [6.07, 6.45) is 1.47. The quantitative estimate of drug-likeness (QED) is 0.657. The van der Waals surface area contributed by atoms with Gasteiger partial charge in [0.2, 0.25) is 5.91 Å². The summed E-state index contributed by atoms with van der Waals surface area (Å²) in [5.41, 5.74) is 1.83. The van der Waals surface area contributed by atoms with Gasteiger partial charge in [0.25, 0.3) is 11.8 Å². The van der Waals surface area contributed by atoms with Gasteiger partial charge in [0.15, 0.2) is 0 Å². The van der Waals surface area contributed by atoms with Gasteiger partial charge < -0.3 is 15.5 Å². The maximum Gasteiger partial charge on any atom is 0.251 e. The minimum Gasteiger partial charge on any atom is -0.350 e. The van der Waals surface area contributed by atoms with E-state index in [0.29, 0.717) is 34.1 Å². The Hall–Kier alpha value is -2.57. The van der Waals surface area contributed by atoms with Crippen LogP contribution in [0, 0.1) is 0 Å². The number of halogens is 2. The van der Waals surface area contributed by atoms with Crippen molar-refractivity contribution in [3.05, 3.63) is 69.2 Å². The highest BCUT2D eigenvalue weighted by Gasteiger charge is 2.20. The molecule has 1 heterocycles. The van der Waals surface area contributed by atoms with Crippen molar-refractivity contribution < 1.29 is 14.4 Å². The van der Waals surface area contributed by atoms with Crippen molar-refractivity contribution in [3.8, 4) is 0 Å². The molecule has 152 valence electrons. The zero-order valence-electron chi connectivity index (χ0n) is 15.7. The van der Waals surface area contributed by atoms with Gasteiger partial charge in [-0.15, -0.1) is 0 Å². The summed E-state index contributed by atoms with van der Waals surface area (Å²) in [6.45, 7) is 1.82. The van der Waals surface area contributed by atoms with Gasteiger partial charge in [-0.05, 0) is 42.3 Å². The van der Waals surface area contributed by atoms with E-state index in [1.54, 1.807) is 35.2 Å². The molecule has 2 N–H and O–H groups in total. The largest absolute Gasteiger partial charge is 0.350 e. The van der Waals surface area contributed by atoms with Gasteiger partial charge in [-0.1, -0.05) is 35.3 Å². The molecule has 0 aliphatic carbocycles. The third-order valence-electron chi connectivity index (χ3n) is 4.61. The van der Waals surface area contributed by atoms with E-state index in [1.807, 2.05) is 6.07 Å². The summed E-state index contributed by atoms with van der Waals surface area (Å²) in [5.74, 6) is -0.379. The summed E-state index contributed by atoms with van der Waals surface area (Å²) in [4.78, 5) is 38.0. The number of hydrogen-bond donors (Lipinski definition) is 2. The standard InChI is InChI=1S/C21H21Cl2N3O3/c22-17-7-6-16(12-18(17)23)21(29)25-9-8-24-20(28)15-4-1-3-14(11-15)13-26-10-2-5-19(26)27/h1,3-4,6-7,11-12H,2,5,8-10,13H2,(H,24,28)(H,25,29). The lowest BCUT2D eigenvalue weighted by Gasteiger charge is -2.16. The van der Waals surface area contributed by atoms with E-state index in [9.17, 15) is 14.4 Å². The van der Waals surface area contributed by atoms with Crippen molar-refractivity contribution in [2.24, 2.45) is 0 Å². The van der Waals surface area contributed by atoms with Gasteiger partial charge in [-0.3, -0.25) is 14.4 Å². The second-order valence-electron chi connectivity index (χ2n) is 6.76. The van der Waals surface area contributed by atoms with Crippen molar-refractivity contribution in [2.75, 3.05) is 19.6 Å². The Morgan fingerprint density at radius 3 is 2.24 bits per heavy atom. The lowest BCUT2D eigenvalue weighted by atomic mass is 10.1. The Kier molecular flexibility index (Phi) is 7.12. The van der Waals surface area contributed by atoms with Crippen molar-refractivity contribution in [3.63, 3.8) is 0 Å². The van der Waals surface area contributed by atoms with Crippen LogP contribution in [0.15, 0.2) is 42.5 Å². The van der Waals surface area contributed by atoms with Crippen LogP contribution in [-0.4, -0.2) is 42.3 Å². The normalized spacial score (nSPS) is 13.4. The van der Waals surface area contributed by atoms with Crippen LogP contribution in [0.25, 0.3) is 0 Å².